The molecule has 3 N–H and O–H groups in total. The highest BCUT2D eigenvalue weighted by Gasteiger charge is 2.23. The summed E-state index contributed by atoms with van der Waals surface area (Å²) in [5.41, 5.74) is 4.00. The molecule has 232 valence electrons. The molecule has 2 amide bonds. The molecule has 0 atom stereocenters. The monoisotopic (exact) mass is 614 g/mol. The zero-order chi connectivity index (χ0) is 32.8. The van der Waals surface area contributed by atoms with Crippen LogP contribution in [-0.4, -0.2) is 30.0 Å². The van der Waals surface area contributed by atoms with Crippen LogP contribution in [0.5, 0.6) is 17.2 Å². The second-order valence-electron chi connectivity index (χ2n) is 11.4. The van der Waals surface area contributed by atoms with E-state index in [1.165, 1.54) is 12.1 Å². The van der Waals surface area contributed by atoms with E-state index in [0.29, 0.717) is 28.4 Å². The quantitative estimate of drug-likeness (QED) is 0.146. The number of anilines is 2. The van der Waals surface area contributed by atoms with Crippen LogP contribution in [0, 0.1) is 6.92 Å². The zero-order valence-electron chi connectivity index (χ0n) is 26.0. The first-order chi connectivity index (χ1) is 22.0. The predicted octanol–water partition coefficient (Wildman–Crippen LogP) is 8.32. The van der Waals surface area contributed by atoms with Crippen LogP contribution in [-0.2, 0) is 5.41 Å². The lowest BCUT2D eigenvalue weighted by Gasteiger charge is -2.26. The second kappa shape index (κ2) is 13.4. The predicted molar refractivity (Wildman–Crippen MR) is 179 cm³/mol. The van der Waals surface area contributed by atoms with E-state index in [4.69, 9.17) is 9.47 Å². The Hall–Kier alpha value is -5.89. The Morgan fingerprint density at radius 3 is 1.83 bits per heavy atom. The van der Waals surface area contributed by atoms with Gasteiger partial charge in [-0.2, -0.15) is 0 Å². The number of hydrogen-bond donors (Lipinski definition) is 3. The van der Waals surface area contributed by atoms with Crippen molar-refractivity contribution in [1.82, 2.24) is 0 Å². The second-order valence-corrected chi connectivity index (χ2v) is 11.4. The summed E-state index contributed by atoms with van der Waals surface area (Å²) in [6.45, 7) is 6.10. The van der Waals surface area contributed by atoms with Gasteiger partial charge in [0.2, 0.25) is 0 Å². The highest BCUT2D eigenvalue weighted by Crippen LogP contribution is 2.34. The normalized spacial score (nSPS) is 11.0. The van der Waals surface area contributed by atoms with Crippen molar-refractivity contribution >= 4 is 29.2 Å². The Kier molecular flexibility index (Phi) is 9.18. The number of rotatable bonds is 10. The Morgan fingerprint density at radius 2 is 1.22 bits per heavy atom. The number of carboxylic acid groups (broad SMARTS) is 1. The van der Waals surface area contributed by atoms with Crippen LogP contribution in [0.15, 0.2) is 115 Å². The van der Waals surface area contributed by atoms with E-state index in [1.807, 2.05) is 36.4 Å². The van der Waals surface area contributed by atoms with Crippen molar-refractivity contribution in [3.63, 3.8) is 0 Å². The highest BCUT2D eigenvalue weighted by atomic mass is 16.5. The van der Waals surface area contributed by atoms with E-state index < -0.39 is 11.9 Å². The molecule has 0 unspecified atom stereocenters. The fourth-order valence-corrected chi connectivity index (χ4v) is 5.06. The molecule has 0 radical (unpaired) electrons. The van der Waals surface area contributed by atoms with Gasteiger partial charge >= 0.3 is 5.97 Å². The average Bonchev–Trinajstić information content (AvgIpc) is 3.05. The molecule has 5 aromatic rings. The van der Waals surface area contributed by atoms with E-state index >= 15 is 0 Å². The largest absolute Gasteiger partial charge is 0.497 e. The third-order valence-corrected chi connectivity index (χ3v) is 7.75. The maximum atomic E-state index is 13.1. The lowest BCUT2D eigenvalue weighted by atomic mass is 9.78. The highest BCUT2D eigenvalue weighted by molar-refractivity contribution is 6.11. The molecule has 0 heterocycles. The van der Waals surface area contributed by atoms with Gasteiger partial charge in [0.1, 0.15) is 17.2 Å². The number of carboxylic acids is 1. The molecule has 0 fully saturated rings. The van der Waals surface area contributed by atoms with E-state index in [0.717, 1.165) is 22.4 Å². The Balaban J connectivity index is 1.24. The van der Waals surface area contributed by atoms with Crippen LogP contribution in [0.1, 0.15) is 61.6 Å². The van der Waals surface area contributed by atoms with Crippen molar-refractivity contribution in [1.29, 1.82) is 0 Å². The van der Waals surface area contributed by atoms with Gasteiger partial charge in [0.25, 0.3) is 11.8 Å². The summed E-state index contributed by atoms with van der Waals surface area (Å²) in [5.74, 6) is -0.168. The van der Waals surface area contributed by atoms with Crippen LogP contribution < -0.4 is 20.1 Å². The van der Waals surface area contributed by atoms with Crippen molar-refractivity contribution in [2.24, 2.45) is 0 Å². The standard InChI is InChI=1S/C38H34N2O6/c1-24-11-20-33(37(43)44)34(21-24)36(42)40-29-9-6-8-28(23-29)39-35(41)25-7-5-10-32(22-25)46-31-18-14-27(15-19-31)38(2,3)26-12-16-30(45-4)17-13-26/h5-23H,1-4H3,(H,39,41)(H,40,42)(H,43,44). The molecule has 0 saturated carbocycles. The molecule has 5 rings (SSSR count). The molecule has 0 bridgehead atoms. The molecule has 0 spiro atoms. The smallest absolute Gasteiger partial charge is 0.336 e. The lowest BCUT2D eigenvalue weighted by Crippen LogP contribution is -2.18. The van der Waals surface area contributed by atoms with Gasteiger partial charge < -0.3 is 25.2 Å². The van der Waals surface area contributed by atoms with E-state index in [2.05, 4.69) is 36.6 Å². The van der Waals surface area contributed by atoms with Crippen molar-refractivity contribution in [2.75, 3.05) is 17.7 Å². The molecule has 0 aromatic heterocycles. The van der Waals surface area contributed by atoms with Crippen LogP contribution in [0.4, 0.5) is 11.4 Å². The van der Waals surface area contributed by atoms with Gasteiger partial charge in [-0.1, -0.05) is 61.9 Å². The van der Waals surface area contributed by atoms with Gasteiger partial charge in [-0.3, -0.25) is 9.59 Å². The van der Waals surface area contributed by atoms with Gasteiger partial charge in [0.05, 0.1) is 18.2 Å². The van der Waals surface area contributed by atoms with Gasteiger partial charge in [0, 0.05) is 22.4 Å². The Labute approximate surface area is 267 Å². The average molecular weight is 615 g/mol. The molecule has 5 aromatic carbocycles. The molecular formula is C38H34N2O6. The number of benzene rings is 5. The van der Waals surface area contributed by atoms with Gasteiger partial charge in [-0.15, -0.1) is 0 Å². The molecule has 0 aliphatic heterocycles. The number of methoxy groups -OCH3 is 1. The molecule has 0 aliphatic carbocycles. The fourth-order valence-electron chi connectivity index (χ4n) is 5.06. The fraction of sp³-hybridized carbons (Fsp3) is 0.132. The third-order valence-electron chi connectivity index (χ3n) is 7.75. The van der Waals surface area contributed by atoms with Crippen LogP contribution in [0.3, 0.4) is 0 Å². The first-order valence-corrected chi connectivity index (χ1v) is 14.6. The molecule has 0 saturated heterocycles. The van der Waals surface area contributed by atoms with Gasteiger partial charge in [-0.25, -0.2) is 4.79 Å². The summed E-state index contributed by atoms with van der Waals surface area (Å²) in [7, 11) is 1.65. The summed E-state index contributed by atoms with van der Waals surface area (Å²) in [4.78, 5) is 37.6. The minimum absolute atomic E-state index is 0.0503. The van der Waals surface area contributed by atoms with E-state index in [1.54, 1.807) is 68.6 Å². The number of aryl methyl sites for hydroxylation is 1. The van der Waals surface area contributed by atoms with Crippen molar-refractivity contribution < 1.29 is 29.0 Å². The number of aromatic carboxylic acids is 1. The van der Waals surface area contributed by atoms with Crippen LogP contribution in [0.2, 0.25) is 0 Å². The molecule has 8 nitrogen and oxygen atoms in total. The summed E-state index contributed by atoms with van der Waals surface area (Å²) >= 11 is 0. The van der Waals surface area contributed by atoms with Crippen LogP contribution >= 0.6 is 0 Å². The van der Waals surface area contributed by atoms with Crippen molar-refractivity contribution in [2.45, 2.75) is 26.2 Å². The van der Waals surface area contributed by atoms with Crippen LogP contribution in [0.25, 0.3) is 0 Å². The number of carbonyl (C=O) groups excluding carboxylic acids is 2. The maximum absolute atomic E-state index is 13.1. The summed E-state index contributed by atoms with van der Waals surface area (Å²) in [6, 6.07) is 34.0. The first-order valence-electron chi connectivity index (χ1n) is 14.6. The maximum Gasteiger partial charge on any atom is 0.336 e. The molecular weight excluding hydrogens is 580 g/mol. The lowest BCUT2D eigenvalue weighted by molar-refractivity contribution is 0.0692. The van der Waals surface area contributed by atoms with Gasteiger partial charge in [0.15, 0.2) is 0 Å². The topological polar surface area (TPSA) is 114 Å². The number of hydrogen-bond acceptors (Lipinski definition) is 5. The Morgan fingerprint density at radius 1 is 0.630 bits per heavy atom. The number of ether oxygens (including phenoxy) is 2. The Bertz CT molecular complexity index is 1900. The van der Waals surface area contributed by atoms with Crippen molar-refractivity contribution in [3.05, 3.63) is 149 Å². The number of carbonyl (C=O) groups is 3. The molecule has 8 heteroatoms. The summed E-state index contributed by atoms with van der Waals surface area (Å²) < 4.78 is 11.4. The van der Waals surface area contributed by atoms with Gasteiger partial charge in [-0.05, 0) is 90.8 Å². The van der Waals surface area contributed by atoms with Crippen molar-refractivity contribution in [3.8, 4) is 17.2 Å². The van der Waals surface area contributed by atoms with E-state index in [9.17, 15) is 19.5 Å². The van der Waals surface area contributed by atoms with E-state index in [-0.39, 0.29) is 22.4 Å². The number of nitrogens with one attached hydrogen (secondary N) is 2. The summed E-state index contributed by atoms with van der Waals surface area (Å²) in [6.07, 6.45) is 0. The zero-order valence-corrected chi connectivity index (χ0v) is 26.0. The summed E-state index contributed by atoms with van der Waals surface area (Å²) in [5, 5.41) is 15.0. The molecule has 0 aliphatic rings. The minimum atomic E-state index is -1.19. The minimum Gasteiger partial charge on any atom is -0.497 e. The third kappa shape index (κ3) is 7.25. The number of amides is 2. The molecule has 46 heavy (non-hydrogen) atoms. The first kappa shape index (κ1) is 31.5. The SMILES string of the molecule is COc1ccc(C(C)(C)c2ccc(Oc3cccc(C(=O)Nc4cccc(NC(=O)c5cc(C)ccc5C(=O)O)c4)c3)cc2)cc1.